The highest BCUT2D eigenvalue weighted by atomic mass is 16.6. The first-order valence-corrected chi connectivity index (χ1v) is 13.4. The molecule has 0 radical (unpaired) electrons. The Labute approximate surface area is 228 Å². The molecular weight excluding hydrogens is 494 g/mol. The van der Waals surface area contributed by atoms with E-state index < -0.39 is 6.03 Å². The monoisotopic (exact) mass is 529 g/mol. The van der Waals surface area contributed by atoms with E-state index in [0.29, 0.717) is 36.6 Å². The number of urea groups is 1. The Morgan fingerprint density at radius 3 is 2.28 bits per heavy atom. The molecule has 0 saturated carbocycles. The van der Waals surface area contributed by atoms with E-state index in [4.69, 9.17) is 20.9 Å². The predicted octanol–water partition coefficient (Wildman–Crippen LogP) is 4.62. The first-order valence-electron chi connectivity index (χ1n) is 13.4. The van der Waals surface area contributed by atoms with Crippen molar-refractivity contribution in [2.45, 2.75) is 37.8 Å². The van der Waals surface area contributed by atoms with E-state index in [1.165, 1.54) is 18.4 Å². The van der Waals surface area contributed by atoms with Crippen LogP contribution in [0.25, 0.3) is 0 Å². The second-order valence-electron chi connectivity index (χ2n) is 9.96. The quantitative estimate of drug-likeness (QED) is 0.299. The first kappa shape index (κ1) is 26.4. The second-order valence-corrected chi connectivity index (χ2v) is 9.96. The molecule has 2 unspecified atom stereocenters. The van der Waals surface area contributed by atoms with Crippen LogP contribution in [0.5, 0.6) is 11.5 Å². The fraction of sp³-hybridized carbons (Fsp3) is 0.333. The number of benzene rings is 3. The highest BCUT2D eigenvalue weighted by molar-refractivity contribution is 6.05. The molecule has 9 nitrogen and oxygen atoms in total. The summed E-state index contributed by atoms with van der Waals surface area (Å²) in [6.07, 6.45) is 3.81. The van der Waals surface area contributed by atoms with E-state index in [-0.39, 0.29) is 18.0 Å². The molecule has 1 fully saturated rings. The third-order valence-corrected chi connectivity index (χ3v) is 7.36. The van der Waals surface area contributed by atoms with Gasteiger partial charge >= 0.3 is 6.03 Å². The van der Waals surface area contributed by atoms with Crippen LogP contribution in [0.15, 0.2) is 66.7 Å². The zero-order valence-corrected chi connectivity index (χ0v) is 21.9. The van der Waals surface area contributed by atoms with Gasteiger partial charge in [-0.25, -0.2) is 4.79 Å². The lowest BCUT2D eigenvalue weighted by Crippen LogP contribution is -2.34. The second kappa shape index (κ2) is 12.1. The summed E-state index contributed by atoms with van der Waals surface area (Å²) in [5.41, 5.74) is 15.1. The fourth-order valence-corrected chi connectivity index (χ4v) is 5.37. The van der Waals surface area contributed by atoms with E-state index in [2.05, 4.69) is 27.7 Å². The Morgan fingerprint density at radius 1 is 0.872 bits per heavy atom. The number of para-hydroxylation sites is 2. The molecule has 3 aromatic carbocycles. The first-order chi connectivity index (χ1) is 19.0. The molecular formula is C30H35N5O4. The maximum absolute atomic E-state index is 12.8. The third kappa shape index (κ3) is 6.43. The van der Waals surface area contributed by atoms with Crippen LogP contribution < -0.4 is 31.6 Å². The van der Waals surface area contributed by atoms with Crippen molar-refractivity contribution in [1.82, 2.24) is 10.2 Å². The highest BCUT2D eigenvalue weighted by Crippen LogP contribution is 2.38. The van der Waals surface area contributed by atoms with Gasteiger partial charge in [0.15, 0.2) is 11.5 Å². The van der Waals surface area contributed by atoms with Crippen molar-refractivity contribution < 1.29 is 19.1 Å². The van der Waals surface area contributed by atoms with Crippen LogP contribution in [0, 0.1) is 0 Å². The van der Waals surface area contributed by atoms with Crippen molar-refractivity contribution in [1.29, 1.82) is 0 Å². The van der Waals surface area contributed by atoms with Crippen LogP contribution in [-0.2, 0) is 0 Å². The Bertz CT molecular complexity index is 1310. The lowest BCUT2D eigenvalue weighted by molar-refractivity contribution is 0.102. The van der Waals surface area contributed by atoms with Crippen molar-refractivity contribution in [2.75, 3.05) is 37.4 Å². The van der Waals surface area contributed by atoms with Gasteiger partial charge in [-0.05, 0) is 86.3 Å². The van der Waals surface area contributed by atoms with Gasteiger partial charge in [-0.2, -0.15) is 0 Å². The van der Waals surface area contributed by atoms with Gasteiger partial charge in [-0.15, -0.1) is 0 Å². The summed E-state index contributed by atoms with van der Waals surface area (Å²) in [4.78, 5) is 27.2. The largest absolute Gasteiger partial charge is 0.486 e. The Hall–Kier alpha value is -4.24. The van der Waals surface area contributed by atoms with E-state index in [1.807, 2.05) is 30.3 Å². The topological polar surface area (TPSA) is 132 Å². The molecule has 6 N–H and O–H groups in total. The normalized spacial score (nSPS) is 16.3. The zero-order chi connectivity index (χ0) is 27.2. The van der Waals surface area contributed by atoms with Gasteiger partial charge in [0.05, 0.1) is 17.4 Å². The molecule has 1 saturated heterocycles. The van der Waals surface area contributed by atoms with Crippen LogP contribution >= 0.6 is 0 Å². The molecule has 0 spiro atoms. The van der Waals surface area contributed by atoms with Gasteiger partial charge < -0.3 is 31.6 Å². The molecule has 0 bridgehead atoms. The number of carbonyl (C=O) groups is 2. The summed E-state index contributed by atoms with van der Waals surface area (Å²) in [5.74, 6) is 1.30. The van der Waals surface area contributed by atoms with Gasteiger partial charge in [0.1, 0.15) is 13.2 Å². The Morgan fingerprint density at radius 2 is 1.56 bits per heavy atom. The number of ether oxygens (including phenoxy) is 2. The summed E-state index contributed by atoms with van der Waals surface area (Å²) in [6, 6.07) is 19.8. The van der Waals surface area contributed by atoms with Crippen molar-refractivity contribution in [3.8, 4) is 11.5 Å². The number of nitrogen functional groups attached to an aromatic ring is 1. The number of hydrogen-bond acceptors (Lipinski definition) is 6. The number of nitrogens with two attached hydrogens (primary N) is 2. The van der Waals surface area contributed by atoms with Crippen LogP contribution in [0.4, 0.5) is 16.2 Å². The standard InChI is InChI=1S/C30H35N5O4/c31-23-5-1-2-6-25(23)33-29(36)21-9-7-20(8-10-21)24(34-30(32)37)12-13-26(35-15-3-4-16-35)22-11-14-27-28(19-22)39-18-17-38-27/h1-2,5-11,14,19,24,26H,3-4,12-13,15-18,31H2,(H,33,36)(H3,32,34,37). The van der Waals surface area contributed by atoms with E-state index >= 15 is 0 Å². The average Bonchev–Trinajstić information content (AvgIpc) is 3.48. The van der Waals surface area contributed by atoms with Crippen molar-refractivity contribution in [3.05, 3.63) is 83.4 Å². The molecule has 5 rings (SSSR count). The molecule has 3 amide bonds. The van der Waals surface area contributed by atoms with Crippen LogP contribution in [-0.4, -0.2) is 43.1 Å². The van der Waals surface area contributed by atoms with Gasteiger partial charge in [-0.1, -0.05) is 30.3 Å². The van der Waals surface area contributed by atoms with Crippen LogP contribution in [0.2, 0.25) is 0 Å². The zero-order valence-electron chi connectivity index (χ0n) is 21.9. The fourth-order valence-electron chi connectivity index (χ4n) is 5.37. The molecule has 2 aliphatic heterocycles. The Kier molecular flexibility index (Phi) is 8.17. The summed E-state index contributed by atoms with van der Waals surface area (Å²) < 4.78 is 11.6. The van der Waals surface area contributed by atoms with E-state index in [9.17, 15) is 9.59 Å². The lowest BCUT2D eigenvalue weighted by atomic mass is 9.94. The van der Waals surface area contributed by atoms with Crippen LogP contribution in [0.1, 0.15) is 59.3 Å². The molecule has 3 aromatic rings. The molecule has 204 valence electrons. The number of primary amides is 1. The van der Waals surface area contributed by atoms with Crippen molar-refractivity contribution >= 4 is 23.3 Å². The maximum Gasteiger partial charge on any atom is 0.312 e. The summed E-state index contributed by atoms with van der Waals surface area (Å²) >= 11 is 0. The van der Waals surface area contributed by atoms with Gasteiger partial charge in [0, 0.05) is 11.6 Å². The molecule has 0 aromatic heterocycles. The number of rotatable bonds is 9. The number of likely N-dealkylation sites (tertiary alicyclic amines) is 1. The maximum atomic E-state index is 12.8. The van der Waals surface area contributed by atoms with E-state index in [0.717, 1.165) is 36.6 Å². The Balaban J connectivity index is 1.31. The minimum Gasteiger partial charge on any atom is -0.486 e. The van der Waals surface area contributed by atoms with Crippen LogP contribution in [0.3, 0.4) is 0 Å². The number of amides is 3. The molecule has 2 atom stereocenters. The summed E-state index contributed by atoms with van der Waals surface area (Å²) in [6.45, 7) is 3.16. The average molecular weight is 530 g/mol. The number of anilines is 2. The predicted molar refractivity (Wildman–Crippen MR) is 151 cm³/mol. The number of fused-ring (bicyclic) bond motifs is 1. The SMILES string of the molecule is NC(=O)NC(CCC(c1ccc2c(c1)OCCO2)N1CCCC1)c1ccc(C(=O)Nc2ccccc2N)cc1. The van der Waals surface area contributed by atoms with E-state index in [1.54, 1.807) is 24.3 Å². The number of nitrogens with one attached hydrogen (secondary N) is 2. The van der Waals surface area contributed by atoms with Crippen molar-refractivity contribution in [3.63, 3.8) is 0 Å². The number of nitrogens with zero attached hydrogens (tertiary/aromatic N) is 1. The summed E-state index contributed by atoms with van der Waals surface area (Å²) in [5, 5.41) is 5.74. The molecule has 0 aliphatic carbocycles. The molecule has 2 heterocycles. The third-order valence-electron chi connectivity index (χ3n) is 7.36. The van der Waals surface area contributed by atoms with Crippen molar-refractivity contribution in [2.24, 2.45) is 5.73 Å². The minimum atomic E-state index is -0.585. The van der Waals surface area contributed by atoms with Gasteiger partial charge in [-0.3, -0.25) is 9.69 Å². The minimum absolute atomic E-state index is 0.168. The lowest BCUT2D eigenvalue weighted by Gasteiger charge is -2.31. The number of hydrogen-bond donors (Lipinski definition) is 4. The molecule has 9 heteroatoms. The highest BCUT2D eigenvalue weighted by Gasteiger charge is 2.27. The van der Waals surface area contributed by atoms with Gasteiger partial charge in [0.25, 0.3) is 5.91 Å². The molecule has 39 heavy (non-hydrogen) atoms. The summed E-state index contributed by atoms with van der Waals surface area (Å²) in [7, 11) is 0. The van der Waals surface area contributed by atoms with Gasteiger partial charge in [0.2, 0.25) is 0 Å². The molecule has 2 aliphatic rings. The smallest absolute Gasteiger partial charge is 0.312 e. The number of carbonyl (C=O) groups excluding carboxylic acids is 2.